The maximum atomic E-state index is 11.3. The molecule has 19 heavy (non-hydrogen) atoms. The molecule has 0 unspecified atom stereocenters. The van der Waals surface area contributed by atoms with Crippen LogP contribution in [0.5, 0.6) is 5.88 Å². The van der Waals surface area contributed by atoms with Crippen LogP contribution in [0.15, 0.2) is 6.33 Å². The lowest BCUT2D eigenvalue weighted by Gasteiger charge is -2.22. The summed E-state index contributed by atoms with van der Waals surface area (Å²) in [5.41, 5.74) is -0.267. The predicted octanol–water partition coefficient (Wildman–Crippen LogP) is 0.716. The Balaban J connectivity index is 2.20. The third-order valence-electron chi connectivity index (χ3n) is 2.89. The number of nitrogens with one attached hydrogen (secondary N) is 1. The fraction of sp³-hybridized carbons (Fsp3) is 0.600. The van der Waals surface area contributed by atoms with Crippen molar-refractivity contribution < 1.29 is 13.9 Å². The molecule has 2 heterocycles. The maximum Gasteiger partial charge on any atom is 0.372 e. The first-order valence-corrected chi connectivity index (χ1v) is 7.25. The van der Waals surface area contributed by atoms with Crippen LogP contribution in [0.3, 0.4) is 0 Å². The molecule has 0 amide bonds. The topological polar surface area (TPSA) is 107 Å². The van der Waals surface area contributed by atoms with Crippen molar-refractivity contribution in [1.82, 2.24) is 9.97 Å². The first-order valence-electron chi connectivity index (χ1n) is 5.76. The van der Waals surface area contributed by atoms with E-state index in [0.29, 0.717) is 24.3 Å². The van der Waals surface area contributed by atoms with Crippen LogP contribution in [0, 0.1) is 10.1 Å². The minimum atomic E-state index is -0.770. The van der Waals surface area contributed by atoms with Gasteiger partial charge in [0.05, 0.1) is 12.0 Å². The molecule has 1 aliphatic rings. The van der Waals surface area contributed by atoms with E-state index >= 15 is 0 Å². The minimum Gasteiger partial charge on any atom is -0.476 e. The maximum absolute atomic E-state index is 11.3. The fourth-order valence-corrected chi connectivity index (χ4v) is 3.21. The monoisotopic (exact) mass is 286 g/mol. The molecule has 104 valence electrons. The summed E-state index contributed by atoms with van der Waals surface area (Å²) in [6.45, 7) is 0. The summed E-state index contributed by atoms with van der Waals surface area (Å²) in [5, 5.41) is 14.1. The Labute approximate surface area is 112 Å². The molecule has 0 atom stereocenters. The van der Waals surface area contributed by atoms with Crippen molar-refractivity contribution in [2.24, 2.45) is 0 Å². The van der Waals surface area contributed by atoms with Gasteiger partial charge in [-0.3, -0.25) is 14.3 Å². The van der Waals surface area contributed by atoms with E-state index in [1.54, 1.807) is 0 Å². The van der Waals surface area contributed by atoms with Crippen LogP contribution in [-0.2, 0) is 10.8 Å². The highest BCUT2D eigenvalue weighted by atomic mass is 32.2. The average molecular weight is 286 g/mol. The number of nitrogens with zero attached hydrogens (tertiary/aromatic N) is 3. The van der Waals surface area contributed by atoms with E-state index in [0.717, 1.165) is 0 Å². The summed E-state index contributed by atoms with van der Waals surface area (Å²) in [7, 11) is 0.552. The van der Waals surface area contributed by atoms with E-state index in [1.807, 2.05) is 0 Å². The van der Waals surface area contributed by atoms with Gasteiger partial charge in [0.15, 0.2) is 0 Å². The Morgan fingerprint density at radius 3 is 2.74 bits per heavy atom. The van der Waals surface area contributed by atoms with Crippen molar-refractivity contribution in [3.8, 4) is 5.88 Å². The van der Waals surface area contributed by atoms with Gasteiger partial charge in [-0.15, -0.1) is 0 Å². The van der Waals surface area contributed by atoms with E-state index in [9.17, 15) is 14.3 Å². The highest BCUT2D eigenvalue weighted by Crippen LogP contribution is 2.31. The van der Waals surface area contributed by atoms with Gasteiger partial charge in [0.1, 0.15) is 6.33 Å². The Hall–Kier alpha value is -1.77. The van der Waals surface area contributed by atoms with E-state index < -0.39 is 15.7 Å². The van der Waals surface area contributed by atoms with Gasteiger partial charge in [-0.2, -0.15) is 4.98 Å². The molecule has 2 rings (SSSR count). The third kappa shape index (κ3) is 3.16. The number of rotatable bonds is 4. The molecule has 0 saturated carbocycles. The lowest BCUT2D eigenvalue weighted by molar-refractivity contribution is -0.385. The number of ether oxygens (including phenoxy) is 1. The molecule has 1 aromatic rings. The summed E-state index contributed by atoms with van der Waals surface area (Å²) < 4.78 is 16.1. The Morgan fingerprint density at radius 2 is 2.16 bits per heavy atom. The van der Waals surface area contributed by atoms with Crippen molar-refractivity contribution in [1.29, 1.82) is 0 Å². The van der Waals surface area contributed by atoms with Gasteiger partial charge in [0.25, 0.3) is 5.88 Å². The number of hydrogen-bond donors (Lipinski definition) is 1. The quantitative estimate of drug-likeness (QED) is 0.641. The van der Waals surface area contributed by atoms with Crippen LogP contribution < -0.4 is 10.1 Å². The lowest BCUT2D eigenvalue weighted by atomic mass is 10.1. The van der Waals surface area contributed by atoms with E-state index in [-0.39, 0.29) is 23.4 Å². The van der Waals surface area contributed by atoms with Gasteiger partial charge in [-0.25, -0.2) is 4.98 Å². The largest absolute Gasteiger partial charge is 0.476 e. The normalized spacial score (nSPS) is 22.8. The number of hydrogen-bond acceptors (Lipinski definition) is 7. The minimum absolute atomic E-state index is 0.0380. The Morgan fingerprint density at radius 1 is 1.47 bits per heavy atom. The average Bonchev–Trinajstić information content (AvgIpc) is 2.40. The molecule has 1 saturated heterocycles. The molecule has 8 nitrogen and oxygen atoms in total. The lowest BCUT2D eigenvalue weighted by Crippen LogP contribution is -2.30. The van der Waals surface area contributed by atoms with Gasteiger partial charge in [-0.05, 0) is 12.8 Å². The smallest absolute Gasteiger partial charge is 0.372 e. The first-order chi connectivity index (χ1) is 9.11. The summed E-state index contributed by atoms with van der Waals surface area (Å²) in [6.07, 6.45) is 2.63. The van der Waals surface area contributed by atoms with Crippen LogP contribution in [0.2, 0.25) is 0 Å². The zero-order chi connectivity index (χ0) is 13.8. The van der Waals surface area contributed by atoms with Crippen LogP contribution in [0.1, 0.15) is 12.8 Å². The Kier molecular flexibility index (Phi) is 4.25. The second kappa shape index (κ2) is 5.91. The SMILES string of the molecule is COc1ncnc(NC2CCS(=O)CC2)c1[N+](=O)[O-]. The molecule has 0 aromatic carbocycles. The van der Waals surface area contributed by atoms with Gasteiger partial charge >= 0.3 is 5.69 Å². The molecular formula is C10H14N4O4S. The van der Waals surface area contributed by atoms with Gasteiger partial charge < -0.3 is 10.1 Å². The highest BCUT2D eigenvalue weighted by molar-refractivity contribution is 7.85. The second-order valence-electron chi connectivity index (χ2n) is 4.10. The zero-order valence-electron chi connectivity index (χ0n) is 10.4. The molecule has 1 aromatic heterocycles. The highest BCUT2D eigenvalue weighted by Gasteiger charge is 2.27. The van der Waals surface area contributed by atoms with Gasteiger partial charge in [0.2, 0.25) is 5.82 Å². The predicted molar refractivity (Wildman–Crippen MR) is 69.8 cm³/mol. The van der Waals surface area contributed by atoms with Crippen molar-refractivity contribution in [2.75, 3.05) is 23.9 Å². The number of anilines is 1. The van der Waals surface area contributed by atoms with Gasteiger partial charge in [0, 0.05) is 28.3 Å². The van der Waals surface area contributed by atoms with E-state index in [4.69, 9.17) is 4.74 Å². The molecule has 0 spiro atoms. The molecule has 0 radical (unpaired) electrons. The van der Waals surface area contributed by atoms with E-state index in [1.165, 1.54) is 13.4 Å². The van der Waals surface area contributed by atoms with E-state index in [2.05, 4.69) is 15.3 Å². The number of aromatic nitrogens is 2. The second-order valence-corrected chi connectivity index (χ2v) is 5.80. The molecule has 1 N–H and O–H groups in total. The van der Waals surface area contributed by atoms with Crippen LogP contribution in [0.25, 0.3) is 0 Å². The van der Waals surface area contributed by atoms with Crippen LogP contribution >= 0.6 is 0 Å². The van der Waals surface area contributed by atoms with Crippen molar-refractivity contribution in [3.63, 3.8) is 0 Å². The van der Waals surface area contributed by atoms with Crippen LogP contribution in [-0.4, -0.2) is 43.8 Å². The molecular weight excluding hydrogens is 272 g/mol. The number of methoxy groups -OCH3 is 1. The number of nitro groups is 1. The van der Waals surface area contributed by atoms with Crippen molar-refractivity contribution >= 4 is 22.3 Å². The van der Waals surface area contributed by atoms with Crippen molar-refractivity contribution in [2.45, 2.75) is 18.9 Å². The summed E-state index contributed by atoms with van der Waals surface area (Å²) in [5.74, 6) is 1.29. The standard InChI is InChI=1S/C10H14N4O4S/c1-18-10-8(14(15)16)9(11-6-12-10)13-7-2-4-19(17)5-3-7/h6-7H,2-5H2,1H3,(H,11,12,13). The van der Waals surface area contributed by atoms with Crippen LogP contribution in [0.4, 0.5) is 11.5 Å². The van der Waals surface area contributed by atoms with Gasteiger partial charge in [-0.1, -0.05) is 0 Å². The third-order valence-corrected chi connectivity index (χ3v) is 4.28. The summed E-state index contributed by atoms with van der Waals surface area (Å²) in [6, 6.07) is 0.0380. The summed E-state index contributed by atoms with van der Waals surface area (Å²) >= 11 is 0. The van der Waals surface area contributed by atoms with Crippen molar-refractivity contribution in [3.05, 3.63) is 16.4 Å². The molecule has 9 heteroatoms. The molecule has 1 fully saturated rings. The zero-order valence-corrected chi connectivity index (χ0v) is 11.2. The fourth-order valence-electron chi connectivity index (χ4n) is 1.91. The molecule has 0 aliphatic carbocycles. The first kappa shape index (κ1) is 13.7. The molecule has 0 bridgehead atoms. The summed E-state index contributed by atoms with van der Waals surface area (Å²) in [4.78, 5) is 18.1. The Bertz CT molecular complexity index is 500. The molecule has 1 aliphatic heterocycles.